The van der Waals surface area contributed by atoms with Gasteiger partial charge in [0, 0.05) is 6.04 Å². The quantitative estimate of drug-likeness (QED) is 0.774. The van der Waals surface area contributed by atoms with Gasteiger partial charge in [-0.2, -0.15) is 39.5 Å². The number of nitrogens with one attached hydrogen (secondary N) is 1. The molecule has 0 bridgehead atoms. The summed E-state index contributed by atoms with van der Waals surface area (Å²) < 4.78 is 112. The Balaban J connectivity index is 5.52. The van der Waals surface area contributed by atoms with Crippen LogP contribution in [0, 0.1) is 0 Å². The third-order valence-corrected chi connectivity index (χ3v) is 2.42. The molecule has 120 valence electrons. The van der Waals surface area contributed by atoms with Gasteiger partial charge in [-0.3, -0.25) is 4.79 Å². The number of hydrogen-bond acceptors (Lipinski definition) is 1. The van der Waals surface area contributed by atoms with Gasteiger partial charge in [0.2, 0.25) is 0 Å². The first-order chi connectivity index (χ1) is 8.63. The maximum atomic E-state index is 13.0. The van der Waals surface area contributed by atoms with Gasteiger partial charge in [0.25, 0.3) is 5.91 Å². The number of carbonyl (C=O) groups is 1. The zero-order chi connectivity index (χ0) is 16.6. The second-order valence-electron chi connectivity index (χ2n) is 4.00. The fourth-order valence-corrected chi connectivity index (χ4v) is 0.934. The van der Waals surface area contributed by atoms with Crippen molar-refractivity contribution in [3.63, 3.8) is 0 Å². The molecule has 0 heterocycles. The van der Waals surface area contributed by atoms with E-state index in [0.717, 1.165) is 6.92 Å². The molecule has 0 aromatic heterocycles. The molecule has 0 aliphatic rings. The van der Waals surface area contributed by atoms with Crippen LogP contribution in [0.1, 0.15) is 20.3 Å². The molecular weight excluding hydrogens is 309 g/mol. The standard InChI is InChI=1S/C9H10F9NO/c1-3-4(2)19-5(20)6(10,11)7(12,13)8(14,15)9(16,17)18/h4H,3H2,1-2H3,(H,19,20)/t4-/m1/s1. The van der Waals surface area contributed by atoms with Crippen LogP contribution in [0.4, 0.5) is 39.5 Å². The van der Waals surface area contributed by atoms with Gasteiger partial charge >= 0.3 is 23.9 Å². The van der Waals surface area contributed by atoms with Crippen molar-refractivity contribution in [2.45, 2.75) is 50.3 Å². The molecule has 0 rings (SSSR count). The van der Waals surface area contributed by atoms with Crippen LogP contribution in [0.3, 0.4) is 0 Å². The van der Waals surface area contributed by atoms with E-state index >= 15 is 0 Å². The van der Waals surface area contributed by atoms with Crippen LogP contribution >= 0.6 is 0 Å². The Morgan fingerprint density at radius 1 is 0.950 bits per heavy atom. The van der Waals surface area contributed by atoms with E-state index < -0.39 is 35.9 Å². The Kier molecular flexibility index (Phi) is 5.01. The summed E-state index contributed by atoms with van der Waals surface area (Å²) in [6.45, 7) is 2.42. The molecule has 0 aromatic carbocycles. The largest absolute Gasteiger partial charge is 0.460 e. The maximum absolute atomic E-state index is 13.0. The minimum absolute atomic E-state index is 0.0247. The molecule has 0 aromatic rings. The molecule has 0 saturated carbocycles. The number of hydrogen-bond donors (Lipinski definition) is 1. The van der Waals surface area contributed by atoms with E-state index in [0.29, 0.717) is 0 Å². The molecule has 0 aliphatic carbocycles. The van der Waals surface area contributed by atoms with Gasteiger partial charge in [0.05, 0.1) is 0 Å². The average molecular weight is 319 g/mol. The molecule has 1 amide bonds. The molecule has 0 unspecified atom stereocenters. The fraction of sp³-hybridized carbons (Fsp3) is 0.889. The van der Waals surface area contributed by atoms with E-state index in [9.17, 15) is 44.3 Å². The summed E-state index contributed by atoms with van der Waals surface area (Å²) in [7, 11) is 0. The van der Waals surface area contributed by atoms with Crippen LogP contribution in [0.2, 0.25) is 0 Å². The molecule has 11 heteroatoms. The zero-order valence-electron chi connectivity index (χ0n) is 10.1. The van der Waals surface area contributed by atoms with Crippen molar-refractivity contribution in [2.24, 2.45) is 0 Å². The molecule has 0 aliphatic heterocycles. The van der Waals surface area contributed by atoms with E-state index in [1.807, 2.05) is 0 Å². The number of alkyl halides is 9. The lowest BCUT2D eigenvalue weighted by molar-refractivity contribution is -0.388. The van der Waals surface area contributed by atoms with Crippen LogP contribution in [0.5, 0.6) is 0 Å². The van der Waals surface area contributed by atoms with Crippen molar-refractivity contribution in [2.75, 3.05) is 0 Å². The number of halogens is 9. The third-order valence-electron chi connectivity index (χ3n) is 2.42. The van der Waals surface area contributed by atoms with E-state index in [2.05, 4.69) is 0 Å². The van der Waals surface area contributed by atoms with Crippen molar-refractivity contribution in [1.82, 2.24) is 5.32 Å². The van der Waals surface area contributed by atoms with Crippen molar-refractivity contribution >= 4 is 5.91 Å². The smallest absolute Gasteiger partial charge is 0.348 e. The fourth-order valence-electron chi connectivity index (χ4n) is 0.934. The highest BCUT2D eigenvalue weighted by molar-refractivity contribution is 5.85. The normalized spacial score (nSPS) is 15.9. The topological polar surface area (TPSA) is 29.1 Å². The van der Waals surface area contributed by atoms with Crippen LogP contribution in [-0.4, -0.2) is 35.9 Å². The van der Waals surface area contributed by atoms with E-state index in [4.69, 9.17) is 0 Å². The SMILES string of the molecule is CC[C@@H](C)NC(=O)C(F)(F)C(F)(F)C(F)(F)C(F)(F)F. The average Bonchev–Trinajstić information content (AvgIpc) is 2.26. The van der Waals surface area contributed by atoms with E-state index in [-0.39, 0.29) is 6.42 Å². The van der Waals surface area contributed by atoms with Gasteiger partial charge in [-0.15, -0.1) is 0 Å². The highest BCUT2D eigenvalue weighted by Crippen LogP contribution is 2.53. The van der Waals surface area contributed by atoms with Crippen molar-refractivity contribution in [3.05, 3.63) is 0 Å². The highest BCUT2D eigenvalue weighted by Gasteiger charge is 2.83. The van der Waals surface area contributed by atoms with Gasteiger partial charge in [0.15, 0.2) is 0 Å². The summed E-state index contributed by atoms with van der Waals surface area (Å²) in [5.74, 6) is -23.1. The molecule has 1 atom stereocenters. The van der Waals surface area contributed by atoms with Crippen molar-refractivity contribution in [1.29, 1.82) is 0 Å². The molecule has 20 heavy (non-hydrogen) atoms. The first-order valence-corrected chi connectivity index (χ1v) is 5.14. The molecule has 0 fully saturated rings. The molecule has 0 saturated heterocycles. The highest BCUT2D eigenvalue weighted by atomic mass is 19.4. The third kappa shape index (κ3) is 2.95. The number of rotatable bonds is 5. The Labute approximate surface area is 107 Å². The zero-order valence-corrected chi connectivity index (χ0v) is 10.1. The van der Waals surface area contributed by atoms with Crippen molar-refractivity contribution < 1.29 is 44.3 Å². The minimum Gasteiger partial charge on any atom is -0.348 e. The van der Waals surface area contributed by atoms with Gasteiger partial charge in [-0.05, 0) is 13.3 Å². The Bertz CT molecular complexity index is 363. The number of carbonyl (C=O) groups excluding carboxylic acids is 1. The summed E-state index contributed by atoms with van der Waals surface area (Å²) in [5.41, 5.74) is 0. The van der Waals surface area contributed by atoms with Crippen molar-refractivity contribution in [3.8, 4) is 0 Å². The van der Waals surface area contributed by atoms with Crippen LogP contribution in [-0.2, 0) is 4.79 Å². The summed E-state index contributed by atoms with van der Waals surface area (Å²) in [6.07, 6.45) is -6.96. The predicted octanol–water partition coefficient (Wildman–Crippen LogP) is 3.37. The van der Waals surface area contributed by atoms with E-state index in [1.165, 1.54) is 12.2 Å². The minimum atomic E-state index is -7.06. The van der Waals surface area contributed by atoms with Gasteiger partial charge in [0.1, 0.15) is 0 Å². The molecular formula is C9H10F9NO. The first kappa shape index (κ1) is 18.8. The molecule has 0 spiro atoms. The second kappa shape index (κ2) is 5.32. The van der Waals surface area contributed by atoms with Crippen LogP contribution in [0.15, 0.2) is 0 Å². The second-order valence-corrected chi connectivity index (χ2v) is 4.00. The van der Waals surface area contributed by atoms with Crippen LogP contribution in [0.25, 0.3) is 0 Å². The first-order valence-electron chi connectivity index (χ1n) is 5.14. The maximum Gasteiger partial charge on any atom is 0.460 e. The summed E-state index contributed by atoms with van der Waals surface area (Å²) in [5, 5.41) is 1.23. The molecule has 2 nitrogen and oxygen atoms in total. The summed E-state index contributed by atoms with van der Waals surface area (Å²) in [4.78, 5) is 10.8. The summed E-state index contributed by atoms with van der Waals surface area (Å²) in [6, 6.07) is -1.11. The summed E-state index contributed by atoms with van der Waals surface area (Å²) >= 11 is 0. The Hall–Kier alpha value is -1.16. The van der Waals surface area contributed by atoms with Gasteiger partial charge in [-0.25, -0.2) is 0 Å². The monoisotopic (exact) mass is 319 g/mol. The lowest BCUT2D eigenvalue weighted by atomic mass is 10.0. The molecule has 1 N–H and O–H groups in total. The lowest BCUT2D eigenvalue weighted by Crippen LogP contribution is -2.65. The number of amides is 1. The van der Waals surface area contributed by atoms with Gasteiger partial charge in [-0.1, -0.05) is 6.92 Å². The molecule has 0 radical (unpaired) electrons. The van der Waals surface area contributed by atoms with Gasteiger partial charge < -0.3 is 5.32 Å². The van der Waals surface area contributed by atoms with Crippen LogP contribution < -0.4 is 5.32 Å². The Morgan fingerprint density at radius 2 is 1.35 bits per heavy atom. The van der Waals surface area contributed by atoms with E-state index in [1.54, 1.807) is 0 Å². The lowest BCUT2D eigenvalue weighted by Gasteiger charge is -2.33. The predicted molar refractivity (Wildman–Crippen MR) is 48.8 cm³/mol. The Morgan fingerprint density at radius 3 is 1.65 bits per heavy atom.